The molecule has 0 aliphatic heterocycles. The number of hydrogen-bond donors (Lipinski definition) is 1. The molecule has 2 heterocycles. The van der Waals surface area contributed by atoms with Gasteiger partial charge in [0.05, 0.1) is 7.11 Å². The van der Waals surface area contributed by atoms with Gasteiger partial charge in [-0.2, -0.15) is 0 Å². The van der Waals surface area contributed by atoms with Gasteiger partial charge in [-0.1, -0.05) is 30.3 Å². The molecule has 23 heavy (non-hydrogen) atoms. The molecule has 1 N–H and O–H groups in total. The maximum Gasteiger partial charge on any atom is 0.266 e. The van der Waals surface area contributed by atoms with E-state index in [1.165, 1.54) is 11.3 Å². The summed E-state index contributed by atoms with van der Waals surface area (Å²) >= 11 is 1.36. The standard InChI is InChI=1S/C17H17N3O2S/c1-20-10-9-18-16(20)14(12-6-4-3-5-7-12)19-17(21)15-13(22-2)8-11-23-15/h3-11,14H,1-2H3,(H,19,21). The number of thiophene rings is 1. The van der Waals surface area contributed by atoms with Crippen LogP contribution in [0.25, 0.3) is 0 Å². The lowest BCUT2D eigenvalue weighted by Crippen LogP contribution is -2.30. The van der Waals surface area contributed by atoms with E-state index in [2.05, 4.69) is 10.3 Å². The highest BCUT2D eigenvalue weighted by Gasteiger charge is 2.23. The predicted molar refractivity (Wildman–Crippen MR) is 89.8 cm³/mol. The summed E-state index contributed by atoms with van der Waals surface area (Å²) < 4.78 is 7.14. The minimum atomic E-state index is -0.324. The fourth-order valence-corrected chi connectivity index (χ4v) is 3.18. The lowest BCUT2D eigenvalue weighted by Gasteiger charge is -2.19. The van der Waals surface area contributed by atoms with Gasteiger partial charge in [-0.3, -0.25) is 4.79 Å². The second-order valence-electron chi connectivity index (χ2n) is 5.03. The Balaban J connectivity index is 1.94. The number of carbonyl (C=O) groups excluding carboxylic acids is 1. The van der Waals surface area contributed by atoms with Crippen LogP contribution in [0.2, 0.25) is 0 Å². The molecule has 0 aliphatic rings. The second kappa shape index (κ2) is 6.66. The highest BCUT2D eigenvalue weighted by atomic mass is 32.1. The number of aryl methyl sites for hydroxylation is 1. The number of aromatic nitrogens is 2. The zero-order valence-corrected chi connectivity index (χ0v) is 13.7. The van der Waals surface area contributed by atoms with Crippen molar-refractivity contribution in [1.82, 2.24) is 14.9 Å². The van der Waals surface area contributed by atoms with E-state index in [-0.39, 0.29) is 11.9 Å². The number of carbonyl (C=O) groups is 1. The van der Waals surface area contributed by atoms with Gasteiger partial charge in [-0.15, -0.1) is 11.3 Å². The van der Waals surface area contributed by atoms with Crippen LogP contribution in [0.1, 0.15) is 27.1 Å². The van der Waals surface area contributed by atoms with Crippen molar-refractivity contribution in [2.45, 2.75) is 6.04 Å². The van der Waals surface area contributed by atoms with Gasteiger partial charge in [-0.05, 0) is 17.0 Å². The van der Waals surface area contributed by atoms with Crippen molar-refractivity contribution in [2.24, 2.45) is 7.05 Å². The van der Waals surface area contributed by atoms with Gasteiger partial charge in [0.1, 0.15) is 22.5 Å². The summed E-state index contributed by atoms with van der Waals surface area (Å²) in [6.07, 6.45) is 3.59. The van der Waals surface area contributed by atoms with Crippen molar-refractivity contribution in [3.8, 4) is 5.75 Å². The Morgan fingerprint density at radius 2 is 2.09 bits per heavy atom. The number of benzene rings is 1. The van der Waals surface area contributed by atoms with Crippen molar-refractivity contribution in [1.29, 1.82) is 0 Å². The second-order valence-corrected chi connectivity index (χ2v) is 5.95. The summed E-state index contributed by atoms with van der Waals surface area (Å²) in [7, 11) is 3.47. The summed E-state index contributed by atoms with van der Waals surface area (Å²) in [6, 6.07) is 11.3. The van der Waals surface area contributed by atoms with Crippen molar-refractivity contribution in [2.75, 3.05) is 7.11 Å². The zero-order valence-electron chi connectivity index (χ0n) is 12.9. The number of nitrogens with zero attached hydrogens (tertiary/aromatic N) is 2. The Hall–Kier alpha value is -2.60. The van der Waals surface area contributed by atoms with E-state index in [1.807, 2.05) is 53.5 Å². The van der Waals surface area contributed by atoms with Crippen LogP contribution >= 0.6 is 11.3 Å². The SMILES string of the molecule is COc1ccsc1C(=O)NC(c1ccccc1)c1nccn1C. The summed E-state index contributed by atoms with van der Waals surface area (Å²) in [6.45, 7) is 0. The number of hydrogen-bond acceptors (Lipinski definition) is 4. The van der Waals surface area contributed by atoms with Crippen molar-refractivity contribution in [3.05, 3.63) is 70.4 Å². The molecule has 0 bridgehead atoms. The van der Waals surface area contributed by atoms with Crippen molar-refractivity contribution >= 4 is 17.2 Å². The molecule has 1 unspecified atom stereocenters. The highest BCUT2D eigenvalue weighted by molar-refractivity contribution is 7.12. The van der Waals surface area contributed by atoms with Gasteiger partial charge in [0, 0.05) is 19.4 Å². The average Bonchev–Trinajstić information content (AvgIpc) is 3.22. The third-order valence-electron chi connectivity index (χ3n) is 3.58. The smallest absolute Gasteiger partial charge is 0.266 e. The fourth-order valence-electron chi connectivity index (χ4n) is 2.42. The quantitative estimate of drug-likeness (QED) is 0.784. The predicted octanol–water partition coefficient (Wildman–Crippen LogP) is 3.01. The van der Waals surface area contributed by atoms with E-state index in [1.54, 1.807) is 19.4 Å². The molecule has 2 aromatic heterocycles. The van der Waals surface area contributed by atoms with E-state index in [4.69, 9.17) is 4.74 Å². The third-order valence-corrected chi connectivity index (χ3v) is 4.47. The maximum absolute atomic E-state index is 12.7. The minimum Gasteiger partial charge on any atom is -0.495 e. The number of rotatable bonds is 5. The Morgan fingerprint density at radius 3 is 2.74 bits per heavy atom. The van der Waals surface area contributed by atoms with Crippen LogP contribution in [-0.2, 0) is 7.05 Å². The summed E-state index contributed by atoms with van der Waals surface area (Å²) in [5.74, 6) is 1.19. The number of nitrogens with one attached hydrogen (secondary N) is 1. The first-order valence-corrected chi connectivity index (χ1v) is 8.03. The first kappa shape index (κ1) is 15.3. The average molecular weight is 327 g/mol. The molecule has 1 aromatic carbocycles. The normalized spacial score (nSPS) is 11.9. The first-order valence-electron chi connectivity index (χ1n) is 7.15. The summed E-state index contributed by atoms with van der Waals surface area (Å²) in [5.41, 5.74) is 0.977. The van der Waals surface area contributed by atoms with Crippen LogP contribution in [-0.4, -0.2) is 22.6 Å². The maximum atomic E-state index is 12.7. The van der Waals surface area contributed by atoms with Crippen LogP contribution in [0.3, 0.4) is 0 Å². The Kier molecular flexibility index (Phi) is 4.43. The topological polar surface area (TPSA) is 56.1 Å². The van der Waals surface area contributed by atoms with E-state index < -0.39 is 0 Å². The molecule has 0 fully saturated rings. The Bertz CT molecular complexity index is 795. The molecule has 0 spiro atoms. The van der Waals surface area contributed by atoms with Gasteiger partial charge in [0.15, 0.2) is 0 Å². The van der Waals surface area contributed by atoms with Crippen LogP contribution < -0.4 is 10.1 Å². The van der Waals surface area contributed by atoms with Crippen LogP contribution in [0.4, 0.5) is 0 Å². The van der Waals surface area contributed by atoms with E-state index in [0.717, 1.165) is 11.4 Å². The number of amides is 1. The van der Waals surface area contributed by atoms with E-state index in [9.17, 15) is 4.79 Å². The monoisotopic (exact) mass is 327 g/mol. The largest absolute Gasteiger partial charge is 0.495 e. The molecule has 5 nitrogen and oxygen atoms in total. The van der Waals surface area contributed by atoms with Gasteiger partial charge in [0.25, 0.3) is 5.91 Å². The minimum absolute atomic E-state index is 0.172. The molecular formula is C17H17N3O2S. The molecule has 1 amide bonds. The molecule has 0 saturated heterocycles. The zero-order chi connectivity index (χ0) is 16.2. The summed E-state index contributed by atoms with van der Waals surface area (Å²) in [5, 5.41) is 4.90. The molecule has 0 radical (unpaired) electrons. The summed E-state index contributed by atoms with van der Waals surface area (Å²) in [4.78, 5) is 17.6. The molecule has 6 heteroatoms. The van der Waals surface area contributed by atoms with Gasteiger partial charge in [-0.25, -0.2) is 4.98 Å². The fraction of sp³-hybridized carbons (Fsp3) is 0.176. The van der Waals surface area contributed by atoms with Gasteiger partial charge >= 0.3 is 0 Å². The molecule has 3 rings (SSSR count). The van der Waals surface area contributed by atoms with Gasteiger partial charge in [0.2, 0.25) is 0 Å². The number of ether oxygens (including phenoxy) is 1. The molecule has 118 valence electrons. The molecule has 1 atom stereocenters. The van der Waals surface area contributed by atoms with Crippen molar-refractivity contribution in [3.63, 3.8) is 0 Å². The molecule has 0 saturated carbocycles. The molecule has 0 aliphatic carbocycles. The van der Waals surface area contributed by atoms with Crippen molar-refractivity contribution < 1.29 is 9.53 Å². The van der Waals surface area contributed by atoms with E-state index in [0.29, 0.717) is 10.6 Å². The van der Waals surface area contributed by atoms with Crippen LogP contribution in [0.15, 0.2) is 54.2 Å². The lowest BCUT2D eigenvalue weighted by molar-refractivity contribution is 0.0942. The number of imidazole rings is 1. The van der Waals surface area contributed by atoms with Crippen LogP contribution in [0.5, 0.6) is 5.75 Å². The van der Waals surface area contributed by atoms with Gasteiger partial charge < -0.3 is 14.6 Å². The highest BCUT2D eigenvalue weighted by Crippen LogP contribution is 2.26. The Labute approximate surface area is 138 Å². The van der Waals surface area contributed by atoms with E-state index >= 15 is 0 Å². The number of methoxy groups -OCH3 is 1. The first-order chi connectivity index (χ1) is 11.2. The lowest BCUT2D eigenvalue weighted by atomic mass is 10.1. The Morgan fingerprint density at radius 1 is 1.30 bits per heavy atom. The van der Waals surface area contributed by atoms with Crippen LogP contribution in [0, 0.1) is 0 Å². The third kappa shape index (κ3) is 3.12. The molecular weight excluding hydrogens is 310 g/mol. The molecule has 3 aromatic rings.